The van der Waals surface area contributed by atoms with Crippen molar-refractivity contribution in [2.45, 2.75) is 12.1 Å². The number of halogens is 1. The Morgan fingerprint density at radius 2 is 1.69 bits per heavy atom. The predicted octanol–water partition coefficient (Wildman–Crippen LogP) is 4.46. The van der Waals surface area contributed by atoms with Crippen LogP contribution in [-0.4, -0.2) is 27.0 Å². The van der Waals surface area contributed by atoms with E-state index >= 15 is 0 Å². The number of rotatable bonds is 6. The molecule has 160 valence electrons. The van der Waals surface area contributed by atoms with Crippen molar-refractivity contribution in [1.82, 2.24) is 9.55 Å². The van der Waals surface area contributed by atoms with Crippen molar-refractivity contribution >= 4 is 40.0 Å². The molecule has 0 aliphatic rings. The van der Waals surface area contributed by atoms with Gasteiger partial charge in [-0.1, -0.05) is 48.2 Å². The number of para-hydroxylation sites is 3. The van der Waals surface area contributed by atoms with Crippen molar-refractivity contribution in [1.29, 1.82) is 0 Å². The molecule has 32 heavy (non-hydrogen) atoms. The predicted molar refractivity (Wildman–Crippen MR) is 123 cm³/mol. The topological polar surface area (TPSA) is 81.1 Å². The smallest absolute Gasteiger partial charge is 0.266 e. The molecule has 1 heterocycles. The summed E-state index contributed by atoms with van der Waals surface area (Å²) in [6.07, 6.45) is 0. The highest BCUT2D eigenvalue weighted by molar-refractivity contribution is 7.99. The van der Waals surface area contributed by atoms with Crippen LogP contribution in [0.4, 0.5) is 10.1 Å². The normalized spacial score (nSPS) is 10.8. The molecule has 8 heteroatoms. The van der Waals surface area contributed by atoms with E-state index in [0.717, 1.165) is 11.8 Å². The molecule has 0 bridgehead atoms. The van der Waals surface area contributed by atoms with E-state index in [4.69, 9.17) is 0 Å². The van der Waals surface area contributed by atoms with Crippen molar-refractivity contribution in [2.75, 3.05) is 11.1 Å². The number of benzene rings is 3. The first-order valence-electron chi connectivity index (χ1n) is 9.75. The van der Waals surface area contributed by atoms with Gasteiger partial charge in [0, 0.05) is 5.56 Å². The van der Waals surface area contributed by atoms with Crippen LogP contribution in [0.1, 0.15) is 17.3 Å². The highest BCUT2D eigenvalue weighted by Crippen LogP contribution is 2.23. The second-order valence-electron chi connectivity index (χ2n) is 6.94. The number of ketones is 1. The highest BCUT2D eigenvalue weighted by Gasteiger charge is 2.17. The van der Waals surface area contributed by atoms with E-state index in [9.17, 15) is 18.8 Å². The molecule has 1 aromatic heterocycles. The van der Waals surface area contributed by atoms with Gasteiger partial charge in [0.25, 0.3) is 5.56 Å². The summed E-state index contributed by atoms with van der Waals surface area (Å²) in [4.78, 5) is 42.0. The van der Waals surface area contributed by atoms with E-state index in [1.54, 1.807) is 54.6 Å². The van der Waals surface area contributed by atoms with Gasteiger partial charge in [0.05, 0.1) is 28.0 Å². The van der Waals surface area contributed by atoms with Crippen LogP contribution in [0.25, 0.3) is 16.6 Å². The van der Waals surface area contributed by atoms with Crippen molar-refractivity contribution in [3.05, 3.63) is 94.5 Å². The minimum absolute atomic E-state index is 0.0561. The first-order chi connectivity index (χ1) is 15.5. The summed E-state index contributed by atoms with van der Waals surface area (Å²) in [6, 6.07) is 19.4. The number of carbonyl (C=O) groups is 2. The molecular formula is C24H18FN3O3S. The number of thioether (sulfide) groups is 1. The lowest BCUT2D eigenvalue weighted by molar-refractivity contribution is -0.113. The van der Waals surface area contributed by atoms with Crippen LogP contribution in [0.15, 0.2) is 82.7 Å². The van der Waals surface area contributed by atoms with Crippen molar-refractivity contribution in [3.8, 4) is 5.69 Å². The lowest BCUT2D eigenvalue weighted by Crippen LogP contribution is -2.23. The van der Waals surface area contributed by atoms with E-state index in [1.165, 1.54) is 29.7 Å². The summed E-state index contributed by atoms with van der Waals surface area (Å²) >= 11 is 1.01. The van der Waals surface area contributed by atoms with Gasteiger partial charge in [0.15, 0.2) is 10.9 Å². The number of fused-ring (bicyclic) bond motifs is 1. The minimum atomic E-state index is -0.576. The third-order valence-corrected chi connectivity index (χ3v) is 5.69. The van der Waals surface area contributed by atoms with Crippen LogP contribution in [0, 0.1) is 5.82 Å². The molecule has 6 nitrogen and oxygen atoms in total. The summed E-state index contributed by atoms with van der Waals surface area (Å²) in [5.41, 5.74) is 0.891. The van der Waals surface area contributed by atoms with Crippen molar-refractivity contribution in [3.63, 3.8) is 0 Å². The van der Waals surface area contributed by atoms with Crippen molar-refractivity contribution < 1.29 is 14.0 Å². The summed E-state index contributed by atoms with van der Waals surface area (Å²) in [5.74, 6) is -1.22. The molecule has 0 atom stereocenters. The molecule has 0 radical (unpaired) electrons. The fraction of sp³-hybridized carbons (Fsp3) is 0.0833. The van der Waals surface area contributed by atoms with Gasteiger partial charge >= 0.3 is 0 Å². The van der Waals surface area contributed by atoms with E-state index in [2.05, 4.69) is 10.3 Å². The zero-order valence-electron chi connectivity index (χ0n) is 17.0. The summed E-state index contributed by atoms with van der Waals surface area (Å²) < 4.78 is 15.7. The lowest BCUT2D eigenvalue weighted by atomic mass is 10.1. The Balaban J connectivity index is 1.68. The molecule has 1 amide bonds. The van der Waals surface area contributed by atoms with E-state index in [1.807, 2.05) is 0 Å². The number of nitrogens with zero attached hydrogens (tertiary/aromatic N) is 2. The molecule has 0 fully saturated rings. The standard InChI is InChI=1S/C24H18FN3O3S/c1-15(29)16-8-2-5-11-19(16)26-22(30)14-32-24-27-20-12-6-3-9-17(20)23(31)28(24)21-13-7-4-10-18(21)25/h2-13H,14H2,1H3,(H,26,30). The quantitative estimate of drug-likeness (QED) is 0.268. The maximum Gasteiger partial charge on any atom is 0.266 e. The highest BCUT2D eigenvalue weighted by atomic mass is 32.2. The lowest BCUT2D eigenvalue weighted by Gasteiger charge is -2.14. The molecule has 3 aromatic carbocycles. The van der Waals surface area contributed by atoms with Gasteiger partial charge in [-0.3, -0.25) is 19.0 Å². The Kier molecular flexibility index (Phi) is 6.13. The molecule has 1 N–H and O–H groups in total. The van der Waals surface area contributed by atoms with Crippen LogP contribution >= 0.6 is 11.8 Å². The Bertz CT molecular complexity index is 1400. The zero-order valence-corrected chi connectivity index (χ0v) is 17.9. The number of hydrogen-bond acceptors (Lipinski definition) is 5. The third-order valence-electron chi connectivity index (χ3n) is 4.75. The van der Waals surface area contributed by atoms with Crippen LogP contribution in [0.2, 0.25) is 0 Å². The maximum absolute atomic E-state index is 14.5. The Labute approximate surface area is 187 Å². The Hall–Kier alpha value is -3.78. The van der Waals surface area contributed by atoms with Gasteiger partial charge in [-0.25, -0.2) is 9.37 Å². The fourth-order valence-corrected chi connectivity index (χ4v) is 4.08. The molecule has 0 spiro atoms. The molecule has 4 rings (SSSR count). The van der Waals surface area contributed by atoms with E-state index in [0.29, 0.717) is 22.2 Å². The summed E-state index contributed by atoms with van der Waals surface area (Å²) in [7, 11) is 0. The first-order valence-corrected chi connectivity index (χ1v) is 10.7. The number of carbonyl (C=O) groups excluding carboxylic acids is 2. The van der Waals surface area contributed by atoms with Crippen LogP contribution < -0.4 is 10.9 Å². The first kappa shape index (κ1) is 21.5. The second kappa shape index (κ2) is 9.15. The molecule has 0 saturated heterocycles. The van der Waals surface area contributed by atoms with Gasteiger partial charge in [-0.05, 0) is 43.3 Å². The minimum Gasteiger partial charge on any atom is -0.325 e. The van der Waals surface area contributed by atoms with Gasteiger partial charge < -0.3 is 5.32 Å². The van der Waals surface area contributed by atoms with E-state index < -0.39 is 11.4 Å². The third kappa shape index (κ3) is 4.31. The molecule has 0 saturated carbocycles. The molecule has 0 aliphatic carbocycles. The fourth-order valence-electron chi connectivity index (χ4n) is 3.27. The summed E-state index contributed by atoms with van der Waals surface area (Å²) in [6.45, 7) is 1.42. The SMILES string of the molecule is CC(=O)c1ccccc1NC(=O)CSc1nc2ccccc2c(=O)n1-c1ccccc1F. The Morgan fingerprint density at radius 3 is 2.47 bits per heavy atom. The molecule has 4 aromatic rings. The second-order valence-corrected chi connectivity index (χ2v) is 7.88. The van der Waals surface area contributed by atoms with E-state index in [-0.39, 0.29) is 28.3 Å². The number of hydrogen-bond donors (Lipinski definition) is 1. The molecular weight excluding hydrogens is 429 g/mol. The number of anilines is 1. The van der Waals surface area contributed by atoms with Crippen molar-refractivity contribution in [2.24, 2.45) is 0 Å². The average molecular weight is 447 g/mol. The number of aromatic nitrogens is 2. The number of Topliss-reactive ketones (excluding diaryl/α,β-unsaturated/α-hetero) is 1. The maximum atomic E-state index is 14.5. The molecule has 0 unspecified atom stereocenters. The Morgan fingerprint density at radius 1 is 1.00 bits per heavy atom. The van der Waals surface area contributed by atoms with Crippen LogP contribution in [-0.2, 0) is 4.79 Å². The largest absolute Gasteiger partial charge is 0.325 e. The van der Waals surface area contributed by atoms with Gasteiger partial charge in [0.2, 0.25) is 5.91 Å². The molecule has 0 aliphatic heterocycles. The van der Waals surface area contributed by atoms with Crippen LogP contribution in [0.5, 0.6) is 0 Å². The van der Waals surface area contributed by atoms with Gasteiger partial charge in [-0.15, -0.1) is 0 Å². The van der Waals surface area contributed by atoms with Crippen LogP contribution in [0.3, 0.4) is 0 Å². The average Bonchev–Trinajstić information content (AvgIpc) is 2.79. The zero-order chi connectivity index (χ0) is 22.7. The van der Waals surface area contributed by atoms with Gasteiger partial charge in [0.1, 0.15) is 5.82 Å². The number of amides is 1. The monoisotopic (exact) mass is 447 g/mol. The van der Waals surface area contributed by atoms with Gasteiger partial charge in [-0.2, -0.15) is 0 Å². The number of nitrogens with one attached hydrogen (secondary N) is 1. The summed E-state index contributed by atoms with van der Waals surface area (Å²) in [5, 5.41) is 3.25.